The molecule has 0 aliphatic carbocycles. The Bertz CT molecular complexity index is 384. The van der Waals surface area contributed by atoms with E-state index in [2.05, 4.69) is 34.3 Å². The van der Waals surface area contributed by atoms with Crippen molar-refractivity contribution in [1.29, 1.82) is 0 Å². The van der Waals surface area contributed by atoms with E-state index in [4.69, 9.17) is 4.74 Å². The van der Waals surface area contributed by atoms with Crippen LogP contribution >= 0.6 is 0 Å². The van der Waals surface area contributed by atoms with Crippen LogP contribution in [0.1, 0.15) is 32.5 Å². The van der Waals surface area contributed by atoms with Crippen LogP contribution in [0, 0.1) is 0 Å². The lowest BCUT2D eigenvalue weighted by Gasteiger charge is -2.36. The minimum absolute atomic E-state index is 0.0595. The second-order valence-electron chi connectivity index (χ2n) is 5.09. The number of ether oxygens (including phenoxy) is 1. The third-order valence-corrected chi connectivity index (χ3v) is 3.51. The van der Waals surface area contributed by atoms with Gasteiger partial charge >= 0.3 is 0 Å². The van der Waals surface area contributed by atoms with E-state index < -0.39 is 0 Å². The average Bonchev–Trinajstić information content (AvgIpc) is 2.86. The zero-order valence-electron chi connectivity index (χ0n) is 11.7. The molecule has 1 aliphatic heterocycles. The number of hydrogen-bond acceptors (Lipinski definition) is 6. The highest BCUT2D eigenvalue weighted by molar-refractivity contribution is 4.86. The molecular weight excluding hydrogens is 246 g/mol. The highest BCUT2D eigenvalue weighted by Crippen LogP contribution is 2.14. The molecule has 7 nitrogen and oxygen atoms in total. The number of morpholine rings is 1. The molecule has 0 saturated carbocycles. The number of unbranched alkanes of at least 4 members (excludes halogenated alkanes) is 1. The fourth-order valence-electron chi connectivity index (χ4n) is 2.21. The second-order valence-corrected chi connectivity index (χ2v) is 5.09. The van der Waals surface area contributed by atoms with Gasteiger partial charge in [-0.15, -0.1) is 5.10 Å². The first-order chi connectivity index (χ1) is 9.24. The van der Waals surface area contributed by atoms with E-state index in [1.807, 2.05) is 4.68 Å². The number of hydrogen-bond donors (Lipinski definition) is 1. The Morgan fingerprint density at radius 2 is 2.32 bits per heavy atom. The molecule has 1 fully saturated rings. The molecule has 1 N–H and O–H groups in total. The molecule has 0 aromatic carbocycles. The Morgan fingerprint density at radius 1 is 1.47 bits per heavy atom. The van der Waals surface area contributed by atoms with Crippen LogP contribution in [-0.2, 0) is 17.8 Å². The smallest absolute Gasteiger partial charge is 0.165 e. The van der Waals surface area contributed by atoms with Crippen molar-refractivity contribution in [2.24, 2.45) is 0 Å². The molecule has 1 aromatic heterocycles. The molecule has 2 rings (SSSR count). The molecule has 0 spiro atoms. The number of aliphatic hydroxyl groups is 1. The van der Waals surface area contributed by atoms with E-state index in [9.17, 15) is 5.11 Å². The first-order valence-electron chi connectivity index (χ1n) is 6.96. The van der Waals surface area contributed by atoms with Gasteiger partial charge in [0.25, 0.3) is 0 Å². The van der Waals surface area contributed by atoms with Gasteiger partial charge in [0.1, 0.15) is 0 Å². The Balaban J connectivity index is 1.97. The minimum Gasteiger partial charge on any atom is -0.394 e. The first kappa shape index (κ1) is 14.4. The maximum Gasteiger partial charge on any atom is 0.165 e. The summed E-state index contributed by atoms with van der Waals surface area (Å²) in [7, 11) is 0. The van der Waals surface area contributed by atoms with Crippen molar-refractivity contribution in [2.75, 3.05) is 19.8 Å². The summed E-state index contributed by atoms with van der Waals surface area (Å²) in [6.07, 6.45) is 2.10. The van der Waals surface area contributed by atoms with Crippen LogP contribution in [0.3, 0.4) is 0 Å². The minimum atomic E-state index is -0.101. The van der Waals surface area contributed by atoms with Gasteiger partial charge < -0.3 is 9.84 Å². The molecule has 0 radical (unpaired) electrons. The van der Waals surface area contributed by atoms with Crippen LogP contribution in [-0.4, -0.2) is 62.1 Å². The van der Waals surface area contributed by atoms with E-state index >= 15 is 0 Å². The molecule has 0 bridgehead atoms. The van der Waals surface area contributed by atoms with Crippen LogP contribution in [0.2, 0.25) is 0 Å². The van der Waals surface area contributed by atoms with E-state index in [-0.39, 0.29) is 12.7 Å². The molecule has 7 heteroatoms. The monoisotopic (exact) mass is 269 g/mol. The quantitative estimate of drug-likeness (QED) is 0.786. The molecule has 2 atom stereocenters. The van der Waals surface area contributed by atoms with Crippen molar-refractivity contribution in [3.05, 3.63) is 5.82 Å². The predicted molar refractivity (Wildman–Crippen MR) is 69.4 cm³/mol. The molecule has 1 aliphatic rings. The van der Waals surface area contributed by atoms with E-state index in [1.165, 1.54) is 0 Å². The highest BCUT2D eigenvalue weighted by Gasteiger charge is 2.26. The van der Waals surface area contributed by atoms with Crippen LogP contribution < -0.4 is 0 Å². The Hall–Kier alpha value is -1.05. The van der Waals surface area contributed by atoms with Crippen LogP contribution in [0.5, 0.6) is 0 Å². The standard InChI is InChI=1S/C12H23N5O2/c1-3-4-5-17-12(13-14-15-17)7-16-6-11(8-18)19-9-10(16)2/h10-11,18H,3-9H2,1-2H3. The number of rotatable bonds is 6. The number of tetrazole rings is 1. The summed E-state index contributed by atoms with van der Waals surface area (Å²) >= 11 is 0. The summed E-state index contributed by atoms with van der Waals surface area (Å²) in [4.78, 5) is 2.26. The zero-order valence-corrected chi connectivity index (χ0v) is 11.7. The van der Waals surface area contributed by atoms with Crippen LogP contribution in [0.25, 0.3) is 0 Å². The number of nitrogens with zero attached hydrogens (tertiary/aromatic N) is 5. The van der Waals surface area contributed by atoms with E-state index in [1.54, 1.807) is 0 Å². The van der Waals surface area contributed by atoms with Gasteiger partial charge in [-0.3, -0.25) is 4.90 Å². The van der Waals surface area contributed by atoms with Gasteiger partial charge in [-0.05, 0) is 23.8 Å². The van der Waals surface area contributed by atoms with Crippen molar-refractivity contribution in [3.8, 4) is 0 Å². The highest BCUT2D eigenvalue weighted by atomic mass is 16.5. The largest absolute Gasteiger partial charge is 0.394 e. The summed E-state index contributed by atoms with van der Waals surface area (Å²) in [5.41, 5.74) is 0. The summed E-state index contributed by atoms with van der Waals surface area (Å²) in [6.45, 7) is 7.26. The fraction of sp³-hybridized carbons (Fsp3) is 0.917. The van der Waals surface area contributed by atoms with Gasteiger partial charge in [0.05, 0.1) is 25.9 Å². The zero-order chi connectivity index (χ0) is 13.7. The third-order valence-electron chi connectivity index (χ3n) is 3.51. The van der Waals surface area contributed by atoms with Crippen molar-refractivity contribution < 1.29 is 9.84 Å². The fourth-order valence-corrected chi connectivity index (χ4v) is 2.21. The lowest BCUT2D eigenvalue weighted by molar-refractivity contribution is -0.0815. The van der Waals surface area contributed by atoms with Gasteiger partial charge in [0.15, 0.2) is 5.82 Å². The lowest BCUT2D eigenvalue weighted by Crippen LogP contribution is -2.49. The summed E-state index contributed by atoms with van der Waals surface area (Å²) in [5.74, 6) is 0.888. The third kappa shape index (κ3) is 3.71. The predicted octanol–water partition coefficient (Wildman–Crippen LogP) is 0.0548. The molecule has 1 aromatic rings. The Labute approximate surface area is 113 Å². The molecule has 1 saturated heterocycles. The summed E-state index contributed by atoms with van der Waals surface area (Å²) in [5, 5.41) is 21.1. The van der Waals surface area contributed by atoms with Crippen LogP contribution in [0.4, 0.5) is 0 Å². The molecule has 2 heterocycles. The topological polar surface area (TPSA) is 76.3 Å². The second kappa shape index (κ2) is 6.93. The van der Waals surface area contributed by atoms with Crippen molar-refractivity contribution in [1.82, 2.24) is 25.1 Å². The summed E-state index contributed by atoms with van der Waals surface area (Å²) in [6, 6.07) is 0.319. The maximum atomic E-state index is 9.19. The molecule has 2 unspecified atom stereocenters. The van der Waals surface area contributed by atoms with Gasteiger partial charge in [-0.1, -0.05) is 13.3 Å². The SMILES string of the molecule is CCCCn1nnnc1CN1CC(CO)OCC1C. The van der Waals surface area contributed by atoms with Crippen molar-refractivity contribution in [2.45, 2.75) is 51.9 Å². The molecular formula is C12H23N5O2. The van der Waals surface area contributed by atoms with E-state index in [0.29, 0.717) is 19.2 Å². The first-order valence-corrected chi connectivity index (χ1v) is 6.96. The number of aryl methyl sites for hydroxylation is 1. The van der Waals surface area contributed by atoms with Crippen LogP contribution in [0.15, 0.2) is 0 Å². The van der Waals surface area contributed by atoms with Crippen molar-refractivity contribution in [3.63, 3.8) is 0 Å². The van der Waals surface area contributed by atoms with Gasteiger partial charge in [0, 0.05) is 19.1 Å². The Kier molecular flexibility index (Phi) is 5.24. The lowest BCUT2D eigenvalue weighted by atomic mass is 10.2. The average molecular weight is 269 g/mol. The van der Waals surface area contributed by atoms with Gasteiger partial charge in [-0.2, -0.15) is 0 Å². The molecule has 19 heavy (non-hydrogen) atoms. The van der Waals surface area contributed by atoms with Crippen molar-refractivity contribution >= 4 is 0 Å². The normalized spacial score (nSPS) is 24.8. The molecule has 0 amide bonds. The number of aromatic nitrogens is 4. The van der Waals surface area contributed by atoms with Gasteiger partial charge in [-0.25, -0.2) is 4.68 Å². The van der Waals surface area contributed by atoms with E-state index in [0.717, 1.165) is 31.8 Å². The number of aliphatic hydroxyl groups excluding tert-OH is 1. The van der Waals surface area contributed by atoms with Gasteiger partial charge in [0.2, 0.25) is 0 Å². The Morgan fingerprint density at radius 3 is 3.05 bits per heavy atom. The summed E-state index contributed by atoms with van der Waals surface area (Å²) < 4.78 is 7.41. The maximum absolute atomic E-state index is 9.19. The molecule has 108 valence electrons.